The molecule has 5 rings (SSSR count). The molecular formula is C31H22F8N2O4. The number of rotatable bonds is 9. The fourth-order valence-corrected chi connectivity index (χ4v) is 5.03. The van der Waals surface area contributed by atoms with Gasteiger partial charge in [0, 0.05) is 48.0 Å². The largest absolute Gasteiger partial charge is 0.496 e. The van der Waals surface area contributed by atoms with Crippen LogP contribution >= 0.6 is 0 Å². The molecular weight excluding hydrogens is 616 g/mol. The predicted octanol–water partition coefficient (Wildman–Crippen LogP) is 8.55. The van der Waals surface area contributed by atoms with Gasteiger partial charge in [0.2, 0.25) is 0 Å². The number of ether oxygens (including phenoxy) is 1. The van der Waals surface area contributed by atoms with Crippen molar-refractivity contribution in [2.45, 2.75) is 30.9 Å². The minimum Gasteiger partial charge on any atom is -0.496 e. The number of methoxy groups -OCH3 is 1. The van der Waals surface area contributed by atoms with Gasteiger partial charge in [0.25, 0.3) is 5.91 Å². The number of aromatic amines is 1. The molecule has 0 atom stereocenters. The molecule has 14 heteroatoms. The van der Waals surface area contributed by atoms with Crippen LogP contribution in [0.1, 0.15) is 33.6 Å². The van der Waals surface area contributed by atoms with E-state index in [-0.39, 0.29) is 28.2 Å². The molecule has 2 N–H and O–H groups in total. The summed E-state index contributed by atoms with van der Waals surface area (Å²) >= 11 is 0. The summed E-state index contributed by atoms with van der Waals surface area (Å²) in [5.74, 6) is -14.1. The maximum absolute atomic E-state index is 13.9. The molecule has 0 saturated heterocycles. The van der Waals surface area contributed by atoms with Gasteiger partial charge in [0.1, 0.15) is 22.9 Å². The second-order valence-corrected chi connectivity index (χ2v) is 10.1. The third-order valence-electron chi connectivity index (χ3n) is 7.35. The average molecular weight is 639 g/mol. The van der Waals surface area contributed by atoms with E-state index in [1.165, 1.54) is 49.5 Å². The first-order valence-electron chi connectivity index (χ1n) is 13.2. The van der Waals surface area contributed by atoms with Crippen LogP contribution in [0.5, 0.6) is 5.75 Å². The number of fused-ring (bicyclic) bond motifs is 3. The fourth-order valence-electron chi connectivity index (χ4n) is 5.03. The molecule has 2 heterocycles. The monoisotopic (exact) mass is 638 g/mol. The molecule has 0 unspecified atom stereocenters. The van der Waals surface area contributed by atoms with Crippen LogP contribution in [-0.2, 0) is 0 Å². The maximum atomic E-state index is 13.9. The highest BCUT2D eigenvalue weighted by molar-refractivity contribution is 6.19. The summed E-state index contributed by atoms with van der Waals surface area (Å²) in [5, 5.41) is 3.37. The number of carbonyl (C=O) groups excluding carboxylic acids is 2. The van der Waals surface area contributed by atoms with E-state index in [2.05, 4.69) is 10.3 Å². The van der Waals surface area contributed by atoms with E-state index in [4.69, 9.17) is 9.15 Å². The van der Waals surface area contributed by atoms with Crippen molar-refractivity contribution in [1.29, 1.82) is 0 Å². The first kappa shape index (κ1) is 31.5. The molecule has 236 valence electrons. The van der Waals surface area contributed by atoms with Crippen LogP contribution in [-0.4, -0.2) is 48.9 Å². The molecule has 6 nitrogen and oxygen atoms in total. The molecule has 2 aromatic heterocycles. The number of ketones is 1. The summed E-state index contributed by atoms with van der Waals surface area (Å²) in [6, 6.07) is 12.5. The fraction of sp³-hybridized carbons (Fsp3) is 0.226. The van der Waals surface area contributed by atoms with E-state index in [9.17, 15) is 44.7 Å². The summed E-state index contributed by atoms with van der Waals surface area (Å²) in [5.41, 5.74) is 1.61. The van der Waals surface area contributed by atoms with Gasteiger partial charge in [0.15, 0.2) is 5.78 Å². The Morgan fingerprint density at radius 3 is 2.20 bits per heavy atom. The molecule has 45 heavy (non-hydrogen) atoms. The number of H-pyrrole nitrogens is 1. The Balaban J connectivity index is 1.62. The van der Waals surface area contributed by atoms with E-state index >= 15 is 0 Å². The number of alkyl halides is 7. The van der Waals surface area contributed by atoms with Gasteiger partial charge >= 0.3 is 18.0 Å². The van der Waals surface area contributed by atoms with E-state index in [1.807, 2.05) is 0 Å². The van der Waals surface area contributed by atoms with Crippen molar-refractivity contribution in [1.82, 2.24) is 10.3 Å². The highest BCUT2D eigenvalue weighted by Crippen LogP contribution is 2.49. The van der Waals surface area contributed by atoms with Crippen LogP contribution in [0.2, 0.25) is 0 Å². The van der Waals surface area contributed by atoms with Gasteiger partial charge in [-0.3, -0.25) is 9.59 Å². The van der Waals surface area contributed by atoms with E-state index in [0.29, 0.717) is 33.0 Å². The summed E-state index contributed by atoms with van der Waals surface area (Å²) in [6.07, 6.45) is -8.37. The lowest BCUT2D eigenvalue weighted by molar-refractivity contribution is -0.355. The normalized spacial score (nSPS) is 12.6. The molecule has 0 aliphatic rings. The summed E-state index contributed by atoms with van der Waals surface area (Å²) in [6.45, 7) is 0. The number of benzene rings is 3. The molecule has 0 fully saturated rings. The Morgan fingerprint density at radius 1 is 0.911 bits per heavy atom. The number of hydrogen-bond donors (Lipinski definition) is 2. The summed E-state index contributed by atoms with van der Waals surface area (Å²) < 4.78 is 117. The van der Waals surface area contributed by atoms with Crippen molar-refractivity contribution < 1.29 is 53.9 Å². The molecule has 0 bridgehead atoms. The van der Waals surface area contributed by atoms with Crippen molar-refractivity contribution in [2.75, 3.05) is 14.2 Å². The smallest absolute Gasteiger partial charge is 0.459 e. The van der Waals surface area contributed by atoms with Crippen molar-refractivity contribution >= 4 is 33.6 Å². The van der Waals surface area contributed by atoms with Gasteiger partial charge in [-0.2, -0.15) is 30.7 Å². The number of halogens is 8. The van der Waals surface area contributed by atoms with Gasteiger partial charge in [-0.25, -0.2) is 4.39 Å². The zero-order chi connectivity index (χ0) is 32.9. The minimum atomic E-state index is -6.52. The van der Waals surface area contributed by atoms with Crippen molar-refractivity contribution in [3.8, 4) is 28.2 Å². The van der Waals surface area contributed by atoms with Gasteiger partial charge < -0.3 is 19.5 Å². The number of Topliss-reactive ketones (excluding diaryl/α,β-unsaturated/α-hetero) is 1. The highest BCUT2D eigenvalue weighted by atomic mass is 19.4. The third kappa shape index (κ3) is 5.38. The zero-order valence-electron chi connectivity index (χ0n) is 23.3. The maximum Gasteiger partial charge on any atom is 0.459 e. The molecule has 0 aliphatic carbocycles. The number of hydrogen-bond acceptors (Lipinski definition) is 4. The van der Waals surface area contributed by atoms with Crippen LogP contribution in [0, 0.1) is 5.82 Å². The molecule has 0 saturated carbocycles. The van der Waals surface area contributed by atoms with Crippen LogP contribution in [0.25, 0.3) is 44.3 Å². The Hall–Kier alpha value is -4.88. The quantitative estimate of drug-likeness (QED) is 0.125. The Kier molecular flexibility index (Phi) is 7.88. The predicted molar refractivity (Wildman–Crippen MR) is 148 cm³/mol. The number of nitrogens with one attached hydrogen (secondary N) is 2. The molecule has 3 aromatic carbocycles. The van der Waals surface area contributed by atoms with Gasteiger partial charge in [0.05, 0.1) is 23.8 Å². The lowest BCUT2D eigenvalue weighted by atomic mass is 9.94. The van der Waals surface area contributed by atoms with Crippen molar-refractivity contribution in [3.05, 3.63) is 77.7 Å². The second kappa shape index (κ2) is 11.2. The third-order valence-corrected chi connectivity index (χ3v) is 7.35. The number of amides is 1. The van der Waals surface area contributed by atoms with Gasteiger partial charge in [-0.05, 0) is 54.1 Å². The second-order valence-electron chi connectivity index (χ2n) is 10.1. The Morgan fingerprint density at radius 2 is 1.58 bits per heavy atom. The van der Waals surface area contributed by atoms with Crippen LogP contribution < -0.4 is 10.1 Å². The Labute approximate surface area is 249 Å². The molecule has 0 aliphatic heterocycles. The topological polar surface area (TPSA) is 84.3 Å². The van der Waals surface area contributed by atoms with Crippen LogP contribution in [0.3, 0.4) is 0 Å². The van der Waals surface area contributed by atoms with Crippen molar-refractivity contribution in [3.63, 3.8) is 0 Å². The first-order valence-corrected chi connectivity index (χ1v) is 13.2. The minimum absolute atomic E-state index is 0.112. The SMILES string of the molecule is CNC(=O)c1c(-c2ccc(F)cc2)oc2c1cc(-c1ccc(OC)c(C(=O)CCC(F)(F)C(F)(F)C(F)(F)F)c1)c1[nH]ccc12. The van der Waals surface area contributed by atoms with E-state index in [0.717, 1.165) is 7.11 Å². The van der Waals surface area contributed by atoms with E-state index < -0.39 is 48.4 Å². The average Bonchev–Trinajstić information content (AvgIpc) is 3.64. The van der Waals surface area contributed by atoms with Gasteiger partial charge in [-0.15, -0.1) is 0 Å². The lowest BCUT2D eigenvalue weighted by Gasteiger charge is -2.28. The molecule has 0 radical (unpaired) electrons. The lowest BCUT2D eigenvalue weighted by Crippen LogP contribution is -2.52. The number of carbonyl (C=O) groups is 2. The molecule has 5 aromatic rings. The summed E-state index contributed by atoms with van der Waals surface area (Å²) in [4.78, 5) is 29.1. The first-order chi connectivity index (χ1) is 21.1. The zero-order valence-corrected chi connectivity index (χ0v) is 23.3. The standard InChI is InChI=1S/C31H22F8N2O4/c1-40-28(43)24-21-14-19(25-18(10-12-41-25)27(21)45-26(24)15-3-6-17(32)7-4-15)16-5-8-23(44-2)20(13-16)22(42)9-11-29(33,34)30(35,36)31(37,38)39/h3-8,10,12-14,41H,9,11H2,1-2H3,(H,40,43). The van der Waals surface area contributed by atoms with Crippen molar-refractivity contribution in [2.24, 2.45) is 0 Å². The summed E-state index contributed by atoms with van der Waals surface area (Å²) in [7, 11) is 2.56. The highest BCUT2D eigenvalue weighted by Gasteiger charge is 2.72. The number of furan rings is 1. The van der Waals surface area contributed by atoms with E-state index in [1.54, 1.807) is 18.3 Å². The van der Waals surface area contributed by atoms with Crippen LogP contribution in [0.4, 0.5) is 35.1 Å². The van der Waals surface area contributed by atoms with Gasteiger partial charge in [-0.1, -0.05) is 6.07 Å². The van der Waals surface area contributed by atoms with Crippen LogP contribution in [0.15, 0.2) is 65.2 Å². The Bertz CT molecular complexity index is 1920. The number of aromatic nitrogens is 1. The molecule has 0 spiro atoms. The molecule has 1 amide bonds.